The maximum atomic E-state index is 6.18. The number of hydrogen-bond donors (Lipinski definition) is 0. The Morgan fingerprint density at radius 1 is 1.22 bits per heavy atom. The first-order valence-corrected chi connectivity index (χ1v) is 9.44. The molecule has 0 bridgehead atoms. The monoisotopic (exact) mass is 329 g/mol. The van der Waals surface area contributed by atoms with Gasteiger partial charge in [0.15, 0.2) is 0 Å². The lowest BCUT2D eigenvalue weighted by Crippen LogP contribution is -2.44. The van der Waals surface area contributed by atoms with E-state index in [1.807, 2.05) is 6.92 Å². The number of morpholine rings is 1. The Balaban J connectivity index is 1.68. The number of hydrogen-bond acceptors (Lipinski definition) is 5. The highest BCUT2D eigenvalue weighted by Crippen LogP contribution is 2.33. The predicted molar refractivity (Wildman–Crippen MR) is 93.2 cm³/mol. The van der Waals surface area contributed by atoms with Gasteiger partial charge in [-0.05, 0) is 61.9 Å². The molecule has 5 heteroatoms. The van der Waals surface area contributed by atoms with E-state index in [4.69, 9.17) is 9.72 Å². The van der Waals surface area contributed by atoms with Gasteiger partial charge in [-0.2, -0.15) is 11.3 Å². The molecule has 2 aliphatic rings. The first kappa shape index (κ1) is 15.1. The summed E-state index contributed by atoms with van der Waals surface area (Å²) in [6.07, 6.45) is 5.06. The van der Waals surface area contributed by atoms with Crippen molar-refractivity contribution in [3.05, 3.63) is 39.5 Å². The molecule has 0 N–H and O–H groups in total. The second-order valence-electron chi connectivity index (χ2n) is 6.62. The highest BCUT2D eigenvalue weighted by molar-refractivity contribution is 7.07. The third-order valence-corrected chi connectivity index (χ3v) is 5.45. The molecule has 0 aromatic carbocycles. The molecule has 0 amide bonds. The van der Waals surface area contributed by atoms with Crippen molar-refractivity contribution in [3.63, 3.8) is 0 Å². The van der Waals surface area contributed by atoms with Crippen LogP contribution in [0.25, 0.3) is 0 Å². The summed E-state index contributed by atoms with van der Waals surface area (Å²) in [4.78, 5) is 11.9. The fraction of sp³-hybridized carbons (Fsp3) is 0.556. The Morgan fingerprint density at radius 2 is 2.09 bits per heavy atom. The fourth-order valence-electron chi connectivity index (χ4n) is 3.72. The number of rotatable bonds is 2. The molecule has 0 spiro atoms. The lowest BCUT2D eigenvalue weighted by atomic mass is 9.95. The molecule has 2 aromatic rings. The highest BCUT2D eigenvalue weighted by Gasteiger charge is 2.30. The van der Waals surface area contributed by atoms with E-state index in [2.05, 4.69) is 33.6 Å². The van der Waals surface area contributed by atoms with Gasteiger partial charge >= 0.3 is 0 Å². The summed E-state index contributed by atoms with van der Waals surface area (Å²) in [5.41, 5.74) is 3.93. The number of aromatic nitrogens is 2. The van der Waals surface area contributed by atoms with Crippen molar-refractivity contribution in [2.45, 2.75) is 51.7 Å². The van der Waals surface area contributed by atoms with Gasteiger partial charge in [-0.3, -0.25) is 0 Å². The number of nitrogens with zero attached hydrogens (tertiary/aromatic N) is 3. The SMILES string of the molecule is Cc1nc2c(c(N3CC(C)OC(c4ccsc4)C3)n1)CCCC2. The zero-order valence-electron chi connectivity index (χ0n) is 13.8. The number of aryl methyl sites for hydroxylation is 2. The predicted octanol–water partition coefficient (Wildman–Crippen LogP) is 3.69. The van der Waals surface area contributed by atoms with Gasteiger partial charge in [-0.25, -0.2) is 9.97 Å². The van der Waals surface area contributed by atoms with Crippen molar-refractivity contribution >= 4 is 17.2 Å². The van der Waals surface area contributed by atoms with Crippen LogP contribution in [0.2, 0.25) is 0 Å². The van der Waals surface area contributed by atoms with E-state index >= 15 is 0 Å². The lowest BCUT2D eigenvalue weighted by Gasteiger charge is -2.38. The molecule has 0 saturated carbocycles. The van der Waals surface area contributed by atoms with E-state index in [0.717, 1.165) is 37.6 Å². The highest BCUT2D eigenvalue weighted by atomic mass is 32.1. The van der Waals surface area contributed by atoms with Crippen LogP contribution in [0, 0.1) is 6.92 Å². The standard InChI is InChI=1S/C18H23N3OS/c1-12-9-21(10-17(22-12)14-7-8-23-11-14)18-15-5-3-4-6-16(15)19-13(2)20-18/h7-8,11-12,17H,3-6,9-10H2,1-2H3. The van der Waals surface area contributed by atoms with Crippen LogP contribution in [0.5, 0.6) is 0 Å². The molecule has 1 saturated heterocycles. The van der Waals surface area contributed by atoms with Crippen LogP contribution >= 0.6 is 11.3 Å². The smallest absolute Gasteiger partial charge is 0.135 e. The zero-order valence-corrected chi connectivity index (χ0v) is 14.6. The summed E-state index contributed by atoms with van der Waals surface area (Å²) < 4.78 is 6.18. The van der Waals surface area contributed by atoms with E-state index < -0.39 is 0 Å². The van der Waals surface area contributed by atoms with Crippen LogP contribution in [0.1, 0.15) is 48.5 Å². The van der Waals surface area contributed by atoms with E-state index in [-0.39, 0.29) is 12.2 Å². The van der Waals surface area contributed by atoms with Crippen LogP contribution in [0.4, 0.5) is 5.82 Å². The van der Waals surface area contributed by atoms with Crippen LogP contribution < -0.4 is 4.90 Å². The molecule has 0 radical (unpaired) electrons. The molecule has 2 unspecified atom stereocenters. The number of anilines is 1. The molecular formula is C18H23N3OS. The summed E-state index contributed by atoms with van der Waals surface area (Å²) in [5, 5.41) is 4.32. The molecule has 122 valence electrons. The van der Waals surface area contributed by atoms with E-state index in [0.29, 0.717) is 0 Å². The van der Waals surface area contributed by atoms with Gasteiger partial charge < -0.3 is 9.64 Å². The molecule has 23 heavy (non-hydrogen) atoms. The van der Waals surface area contributed by atoms with Gasteiger partial charge in [0.25, 0.3) is 0 Å². The van der Waals surface area contributed by atoms with Crippen molar-refractivity contribution in [1.82, 2.24) is 9.97 Å². The molecule has 2 atom stereocenters. The van der Waals surface area contributed by atoms with Gasteiger partial charge in [0.1, 0.15) is 17.7 Å². The number of fused-ring (bicyclic) bond motifs is 1. The minimum Gasteiger partial charge on any atom is -0.367 e. The van der Waals surface area contributed by atoms with E-state index in [1.54, 1.807) is 11.3 Å². The zero-order chi connectivity index (χ0) is 15.8. The van der Waals surface area contributed by atoms with Gasteiger partial charge in [0, 0.05) is 24.3 Å². The van der Waals surface area contributed by atoms with E-state index in [9.17, 15) is 0 Å². The summed E-state index contributed by atoms with van der Waals surface area (Å²) in [5.74, 6) is 2.05. The minimum atomic E-state index is 0.138. The van der Waals surface area contributed by atoms with Crippen LogP contribution in [0.15, 0.2) is 16.8 Å². The van der Waals surface area contributed by atoms with Crippen molar-refractivity contribution in [3.8, 4) is 0 Å². The van der Waals surface area contributed by atoms with Crippen molar-refractivity contribution in [2.24, 2.45) is 0 Å². The first-order chi connectivity index (χ1) is 11.2. The average Bonchev–Trinajstić information content (AvgIpc) is 3.08. The Labute approximate surface area is 141 Å². The molecular weight excluding hydrogens is 306 g/mol. The minimum absolute atomic E-state index is 0.138. The first-order valence-electron chi connectivity index (χ1n) is 8.49. The van der Waals surface area contributed by atoms with E-state index in [1.165, 1.54) is 29.7 Å². The average molecular weight is 329 g/mol. The van der Waals surface area contributed by atoms with Gasteiger partial charge in [-0.1, -0.05) is 0 Å². The number of ether oxygens (including phenoxy) is 1. The summed E-state index contributed by atoms with van der Waals surface area (Å²) in [6.45, 7) is 5.96. The van der Waals surface area contributed by atoms with Crippen LogP contribution in [-0.2, 0) is 17.6 Å². The largest absolute Gasteiger partial charge is 0.367 e. The normalized spacial score (nSPS) is 24.5. The van der Waals surface area contributed by atoms with Gasteiger partial charge in [0.05, 0.1) is 6.10 Å². The van der Waals surface area contributed by atoms with Gasteiger partial charge in [-0.15, -0.1) is 0 Å². The molecule has 1 aliphatic heterocycles. The van der Waals surface area contributed by atoms with Gasteiger partial charge in [0.2, 0.25) is 0 Å². The Morgan fingerprint density at radius 3 is 2.91 bits per heavy atom. The summed E-state index contributed by atoms with van der Waals surface area (Å²) >= 11 is 1.73. The molecule has 1 aliphatic carbocycles. The third kappa shape index (κ3) is 3.00. The quantitative estimate of drug-likeness (QED) is 0.842. The lowest BCUT2D eigenvalue weighted by molar-refractivity contribution is -0.0174. The Kier molecular flexibility index (Phi) is 4.07. The number of thiophene rings is 1. The fourth-order valence-corrected chi connectivity index (χ4v) is 4.42. The topological polar surface area (TPSA) is 38.2 Å². The third-order valence-electron chi connectivity index (χ3n) is 4.75. The molecule has 4 nitrogen and oxygen atoms in total. The maximum Gasteiger partial charge on any atom is 0.135 e. The molecule has 1 fully saturated rings. The second kappa shape index (κ2) is 6.21. The van der Waals surface area contributed by atoms with Crippen molar-refractivity contribution in [1.29, 1.82) is 0 Å². The molecule has 3 heterocycles. The second-order valence-corrected chi connectivity index (χ2v) is 7.40. The molecule has 4 rings (SSSR count). The molecule has 2 aromatic heterocycles. The van der Waals surface area contributed by atoms with Crippen molar-refractivity contribution < 1.29 is 4.74 Å². The maximum absolute atomic E-state index is 6.18. The Hall–Kier alpha value is -1.46. The van der Waals surface area contributed by atoms with Crippen LogP contribution in [0.3, 0.4) is 0 Å². The summed E-state index contributed by atoms with van der Waals surface area (Å²) in [7, 11) is 0. The Bertz CT molecular complexity index is 686. The van der Waals surface area contributed by atoms with Crippen LogP contribution in [-0.4, -0.2) is 29.2 Å². The summed E-state index contributed by atoms with van der Waals surface area (Å²) in [6, 6.07) is 2.17. The van der Waals surface area contributed by atoms with Crippen molar-refractivity contribution in [2.75, 3.05) is 18.0 Å².